The second kappa shape index (κ2) is 8.46. The minimum atomic E-state index is -3.96. The van der Waals surface area contributed by atoms with Crippen LogP contribution in [0.1, 0.15) is 0 Å². The number of amides is 1. The molecule has 28 heavy (non-hydrogen) atoms. The van der Waals surface area contributed by atoms with E-state index < -0.39 is 20.6 Å². The average molecular weight is 405 g/mol. The standard InChI is InChI=1S/C18H20N4O5S/c23-18(19-15-6-2-1-3-7-15)14-20-10-12-21(13-11-20)28(26,27)17-9-5-4-8-16(17)22(24)25/h1-9H,10-14H2,(H,19,23)/p+1. The smallest absolute Gasteiger partial charge is 0.289 e. The highest BCUT2D eigenvalue weighted by molar-refractivity contribution is 7.89. The predicted molar refractivity (Wildman–Crippen MR) is 102 cm³/mol. The van der Waals surface area contributed by atoms with Gasteiger partial charge in [-0.2, -0.15) is 4.31 Å². The summed E-state index contributed by atoms with van der Waals surface area (Å²) in [7, 11) is -3.96. The SMILES string of the molecule is O=C(C[NH+]1CCN(S(=O)(=O)c2ccccc2[N+](=O)[O-])CC1)Nc1ccccc1. The molecule has 2 aromatic carbocycles. The van der Waals surface area contributed by atoms with Crippen LogP contribution in [0.3, 0.4) is 0 Å². The maximum Gasteiger partial charge on any atom is 0.289 e. The summed E-state index contributed by atoms with van der Waals surface area (Å²) in [6.07, 6.45) is 0. The van der Waals surface area contributed by atoms with Gasteiger partial charge in [0.2, 0.25) is 10.0 Å². The van der Waals surface area contributed by atoms with Crippen molar-refractivity contribution in [1.82, 2.24) is 4.31 Å². The number of hydrogen-bond donors (Lipinski definition) is 2. The van der Waals surface area contributed by atoms with Crippen molar-refractivity contribution in [3.8, 4) is 0 Å². The van der Waals surface area contributed by atoms with E-state index in [0.717, 1.165) is 4.90 Å². The number of nitro groups is 1. The number of anilines is 1. The summed E-state index contributed by atoms with van der Waals surface area (Å²) in [4.78, 5) is 23.3. The summed E-state index contributed by atoms with van der Waals surface area (Å²) < 4.78 is 26.9. The Labute approximate surface area is 162 Å². The summed E-state index contributed by atoms with van der Waals surface area (Å²) in [5.74, 6) is -0.142. The van der Waals surface area contributed by atoms with E-state index in [1.165, 1.54) is 28.6 Å². The number of carbonyl (C=O) groups excluding carboxylic acids is 1. The quantitative estimate of drug-likeness (QED) is 0.524. The van der Waals surface area contributed by atoms with Crippen molar-refractivity contribution in [2.45, 2.75) is 4.90 Å². The van der Waals surface area contributed by atoms with Crippen LogP contribution in [0.5, 0.6) is 0 Å². The van der Waals surface area contributed by atoms with E-state index in [9.17, 15) is 23.3 Å². The van der Waals surface area contributed by atoms with Crippen LogP contribution in [0.15, 0.2) is 59.5 Å². The first-order valence-electron chi connectivity index (χ1n) is 8.80. The van der Waals surface area contributed by atoms with E-state index in [1.807, 2.05) is 18.2 Å². The third-order valence-electron chi connectivity index (χ3n) is 4.58. The third-order valence-corrected chi connectivity index (χ3v) is 6.52. The summed E-state index contributed by atoms with van der Waals surface area (Å²) in [6.45, 7) is 1.52. The summed E-state index contributed by atoms with van der Waals surface area (Å²) >= 11 is 0. The van der Waals surface area contributed by atoms with Gasteiger partial charge in [-0.05, 0) is 18.2 Å². The van der Waals surface area contributed by atoms with Gasteiger partial charge in [0, 0.05) is 11.8 Å². The molecule has 1 saturated heterocycles. The minimum absolute atomic E-state index is 0.142. The van der Waals surface area contributed by atoms with Crippen molar-refractivity contribution < 1.29 is 23.0 Å². The normalized spacial score (nSPS) is 15.9. The molecule has 148 valence electrons. The lowest BCUT2D eigenvalue weighted by atomic mass is 10.3. The molecule has 1 heterocycles. The number of rotatable bonds is 6. The number of nitrogens with zero attached hydrogens (tertiary/aromatic N) is 2. The molecule has 10 heteroatoms. The topological polar surface area (TPSA) is 114 Å². The molecule has 0 atom stereocenters. The lowest BCUT2D eigenvalue weighted by Gasteiger charge is -2.31. The Morgan fingerprint density at radius 3 is 2.32 bits per heavy atom. The van der Waals surface area contributed by atoms with E-state index >= 15 is 0 Å². The first kappa shape index (κ1) is 19.9. The highest BCUT2D eigenvalue weighted by atomic mass is 32.2. The molecule has 1 amide bonds. The van der Waals surface area contributed by atoms with Gasteiger partial charge in [-0.25, -0.2) is 8.42 Å². The van der Waals surface area contributed by atoms with Crippen molar-refractivity contribution in [1.29, 1.82) is 0 Å². The van der Waals surface area contributed by atoms with Crippen LogP contribution in [0.2, 0.25) is 0 Å². The molecular weight excluding hydrogens is 384 g/mol. The molecule has 3 rings (SSSR count). The number of quaternary nitrogens is 1. The number of carbonyl (C=O) groups is 1. The van der Waals surface area contributed by atoms with Gasteiger partial charge in [0.15, 0.2) is 11.4 Å². The van der Waals surface area contributed by atoms with Crippen LogP contribution in [0.25, 0.3) is 0 Å². The highest BCUT2D eigenvalue weighted by Crippen LogP contribution is 2.26. The van der Waals surface area contributed by atoms with Crippen LogP contribution in [-0.2, 0) is 14.8 Å². The summed E-state index contributed by atoms with van der Waals surface area (Å²) in [6, 6.07) is 14.4. The van der Waals surface area contributed by atoms with Crippen molar-refractivity contribution in [2.75, 3.05) is 38.0 Å². The predicted octanol–water partition coefficient (Wildman–Crippen LogP) is 0.123. The zero-order valence-corrected chi connectivity index (χ0v) is 15.9. The third kappa shape index (κ3) is 4.53. The molecule has 0 aromatic heterocycles. The van der Waals surface area contributed by atoms with E-state index in [-0.39, 0.29) is 30.4 Å². The number of nitro benzene ring substituents is 1. The first-order chi connectivity index (χ1) is 13.4. The molecule has 2 aromatic rings. The zero-order chi connectivity index (χ0) is 20.1. The Kier molecular flexibility index (Phi) is 6.02. The Balaban J connectivity index is 1.60. The Morgan fingerprint density at radius 2 is 1.68 bits per heavy atom. The largest absolute Gasteiger partial charge is 0.325 e. The fourth-order valence-electron chi connectivity index (χ4n) is 3.14. The van der Waals surface area contributed by atoms with Crippen molar-refractivity contribution in [3.05, 3.63) is 64.7 Å². The molecule has 0 spiro atoms. The second-order valence-electron chi connectivity index (χ2n) is 6.47. The summed E-state index contributed by atoms with van der Waals surface area (Å²) in [5.41, 5.74) is 0.281. The number of nitrogens with one attached hydrogen (secondary N) is 2. The molecule has 1 fully saturated rings. The van der Waals surface area contributed by atoms with Crippen molar-refractivity contribution in [3.63, 3.8) is 0 Å². The lowest BCUT2D eigenvalue weighted by Crippen LogP contribution is -3.15. The molecule has 2 N–H and O–H groups in total. The number of hydrogen-bond acceptors (Lipinski definition) is 5. The van der Waals surface area contributed by atoms with Gasteiger partial charge in [-0.3, -0.25) is 14.9 Å². The Bertz CT molecular complexity index is 957. The number of sulfonamides is 1. The number of piperazine rings is 1. The lowest BCUT2D eigenvalue weighted by molar-refractivity contribution is -0.895. The van der Waals surface area contributed by atoms with E-state index in [0.29, 0.717) is 18.8 Å². The molecule has 0 unspecified atom stereocenters. The highest BCUT2D eigenvalue weighted by Gasteiger charge is 2.35. The molecular formula is C18H21N4O5S+. The Hall–Kier alpha value is -2.82. The molecule has 0 radical (unpaired) electrons. The molecule has 0 aliphatic carbocycles. The van der Waals surface area contributed by atoms with Crippen LogP contribution in [0.4, 0.5) is 11.4 Å². The molecule has 1 aliphatic heterocycles. The zero-order valence-electron chi connectivity index (χ0n) is 15.1. The van der Waals surface area contributed by atoms with Crippen LogP contribution >= 0.6 is 0 Å². The van der Waals surface area contributed by atoms with Crippen LogP contribution < -0.4 is 10.2 Å². The van der Waals surface area contributed by atoms with Gasteiger partial charge < -0.3 is 10.2 Å². The number of benzene rings is 2. The molecule has 0 saturated carbocycles. The van der Waals surface area contributed by atoms with Crippen LogP contribution in [0, 0.1) is 10.1 Å². The van der Waals surface area contributed by atoms with E-state index in [4.69, 9.17) is 0 Å². The van der Waals surface area contributed by atoms with Crippen LogP contribution in [-0.4, -0.2) is 56.3 Å². The van der Waals surface area contributed by atoms with Gasteiger partial charge in [-0.1, -0.05) is 30.3 Å². The minimum Gasteiger partial charge on any atom is -0.325 e. The number of para-hydroxylation sites is 2. The Morgan fingerprint density at radius 1 is 1.07 bits per heavy atom. The van der Waals surface area contributed by atoms with Gasteiger partial charge in [-0.15, -0.1) is 0 Å². The molecule has 0 bridgehead atoms. The fourth-order valence-corrected chi connectivity index (χ4v) is 4.74. The van der Waals surface area contributed by atoms with Gasteiger partial charge >= 0.3 is 0 Å². The van der Waals surface area contributed by atoms with Gasteiger partial charge in [0.25, 0.3) is 11.6 Å². The maximum atomic E-state index is 12.8. The van der Waals surface area contributed by atoms with E-state index in [1.54, 1.807) is 12.1 Å². The van der Waals surface area contributed by atoms with Gasteiger partial charge in [0.1, 0.15) is 0 Å². The molecule has 9 nitrogen and oxygen atoms in total. The second-order valence-corrected chi connectivity index (χ2v) is 8.38. The molecule has 1 aliphatic rings. The monoisotopic (exact) mass is 405 g/mol. The fraction of sp³-hybridized carbons (Fsp3) is 0.278. The van der Waals surface area contributed by atoms with Crippen molar-refractivity contribution >= 4 is 27.3 Å². The van der Waals surface area contributed by atoms with Crippen molar-refractivity contribution in [2.24, 2.45) is 0 Å². The average Bonchev–Trinajstić information content (AvgIpc) is 2.69. The summed E-state index contributed by atoms with van der Waals surface area (Å²) in [5, 5.41) is 14.0. The first-order valence-corrected chi connectivity index (χ1v) is 10.2. The maximum absolute atomic E-state index is 12.8. The van der Waals surface area contributed by atoms with Gasteiger partial charge in [0.05, 0.1) is 31.1 Å². The van der Waals surface area contributed by atoms with E-state index in [2.05, 4.69) is 5.32 Å².